The third-order valence-electron chi connectivity index (χ3n) is 3.50. The second-order valence-electron chi connectivity index (χ2n) is 5.29. The SMILES string of the molecule is COc1ccc2c(=O)c3ccccc3sc2c1CN(C)C. The van der Waals surface area contributed by atoms with Crippen LogP contribution in [-0.4, -0.2) is 26.1 Å². The van der Waals surface area contributed by atoms with Crippen molar-refractivity contribution < 1.29 is 4.74 Å². The quantitative estimate of drug-likeness (QED) is 0.693. The van der Waals surface area contributed by atoms with Crippen molar-refractivity contribution in [2.75, 3.05) is 21.2 Å². The minimum atomic E-state index is 0.0991. The average molecular weight is 299 g/mol. The lowest BCUT2D eigenvalue weighted by atomic mass is 10.1. The maximum absolute atomic E-state index is 12.7. The van der Waals surface area contributed by atoms with Crippen LogP contribution >= 0.6 is 11.3 Å². The highest BCUT2D eigenvalue weighted by molar-refractivity contribution is 7.24. The molecule has 0 saturated heterocycles. The van der Waals surface area contributed by atoms with Gasteiger partial charge in [0.05, 0.1) is 7.11 Å². The zero-order valence-electron chi connectivity index (χ0n) is 12.3. The molecule has 0 amide bonds. The van der Waals surface area contributed by atoms with Gasteiger partial charge in [-0.2, -0.15) is 0 Å². The largest absolute Gasteiger partial charge is 0.496 e. The van der Waals surface area contributed by atoms with Crippen molar-refractivity contribution in [3.8, 4) is 5.75 Å². The highest BCUT2D eigenvalue weighted by atomic mass is 32.1. The van der Waals surface area contributed by atoms with Crippen molar-refractivity contribution in [2.24, 2.45) is 0 Å². The van der Waals surface area contributed by atoms with E-state index in [-0.39, 0.29) is 5.43 Å². The van der Waals surface area contributed by atoms with Crippen LogP contribution in [0.15, 0.2) is 41.2 Å². The maximum Gasteiger partial charge on any atom is 0.195 e. The molecule has 0 aliphatic carbocycles. The van der Waals surface area contributed by atoms with E-state index >= 15 is 0 Å². The summed E-state index contributed by atoms with van der Waals surface area (Å²) in [5.41, 5.74) is 1.18. The molecule has 0 N–H and O–H groups in total. The summed E-state index contributed by atoms with van der Waals surface area (Å²) in [6.45, 7) is 0.745. The van der Waals surface area contributed by atoms with Gasteiger partial charge in [-0.05, 0) is 38.4 Å². The van der Waals surface area contributed by atoms with E-state index < -0.39 is 0 Å². The first-order valence-electron chi connectivity index (χ1n) is 6.78. The van der Waals surface area contributed by atoms with E-state index in [0.29, 0.717) is 0 Å². The number of hydrogen-bond donors (Lipinski definition) is 0. The molecule has 0 spiro atoms. The van der Waals surface area contributed by atoms with Gasteiger partial charge in [0.15, 0.2) is 5.43 Å². The molecule has 108 valence electrons. The van der Waals surface area contributed by atoms with Gasteiger partial charge < -0.3 is 9.64 Å². The fourth-order valence-electron chi connectivity index (χ4n) is 2.56. The predicted molar refractivity (Wildman–Crippen MR) is 89.5 cm³/mol. The van der Waals surface area contributed by atoms with Crippen LogP contribution in [0.1, 0.15) is 5.56 Å². The Hall–Kier alpha value is -1.91. The molecule has 0 aliphatic rings. The van der Waals surface area contributed by atoms with Gasteiger partial charge in [-0.25, -0.2) is 0 Å². The Morgan fingerprint density at radius 1 is 1.10 bits per heavy atom. The fraction of sp³-hybridized carbons (Fsp3) is 0.235. The lowest BCUT2D eigenvalue weighted by Crippen LogP contribution is -2.13. The van der Waals surface area contributed by atoms with Crippen LogP contribution in [0.4, 0.5) is 0 Å². The standard InChI is InChI=1S/C17H17NO2S/c1-18(2)10-13-14(20-3)9-8-12-16(19)11-6-4-5-7-15(11)21-17(12)13/h4-9H,10H2,1-3H3. The first kappa shape index (κ1) is 14.0. The second-order valence-corrected chi connectivity index (χ2v) is 6.34. The first-order valence-corrected chi connectivity index (χ1v) is 7.59. The van der Waals surface area contributed by atoms with Crippen LogP contribution < -0.4 is 10.2 Å². The zero-order valence-corrected chi connectivity index (χ0v) is 13.2. The molecule has 0 atom stereocenters. The van der Waals surface area contributed by atoms with E-state index in [9.17, 15) is 4.79 Å². The Bertz CT molecular complexity index is 868. The van der Waals surface area contributed by atoms with Gasteiger partial charge in [0, 0.05) is 32.3 Å². The van der Waals surface area contributed by atoms with Crippen molar-refractivity contribution in [3.63, 3.8) is 0 Å². The van der Waals surface area contributed by atoms with Gasteiger partial charge in [-0.15, -0.1) is 11.3 Å². The lowest BCUT2D eigenvalue weighted by Gasteiger charge is -2.15. The number of rotatable bonds is 3. The van der Waals surface area contributed by atoms with E-state index in [0.717, 1.165) is 38.0 Å². The Morgan fingerprint density at radius 2 is 1.86 bits per heavy atom. The number of ether oxygens (including phenoxy) is 1. The molecular weight excluding hydrogens is 282 g/mol. The summed E-state index contributed by atoms with van der Waals surface area (Å²) in [5.74, 6) is 0.835. The Labute approximate surface area is 127 Å². The summed E-state index contributed by atoms with van der Waals surface area (Å²) < 4.78 is 7.52. The third-order valence-corrected chi connectivity index (χ3v) is 4.75. The minimum Gasteiger partial charge on any atom is -0.496 e. The number of methoxy groups -OCH3 is 1. The molecule has 2 aromatic carbocycles. The van der Waals surface area contributed by atoms with E-state index in [1.54, 1.807) is 18.4 Å². The van der Waals surface area contributed by atoms with E-state index in [1.807, 2.05) is 50.5 Å². The molecule has 0 unspecified atom stereocenters. The summed E-state index contributed by atoms with van der Waals surface area (Å²) in [6.07, 6.45) is 0. The Kier molecular flexibility index (Phi) is 3.66. The predicted octanol–water partition coefficient (Wildman–Crippen LogP) is 3.48. The molecule has 4 heteroatoms. The van der Waals surface area contributed by atoms with Crippen molar-refractivity contribution in [1.29, 1.82) is 0 Å². The summed E-state index contributed by atoms with van der Waals surface area (Å²) in [5, 5.41) is 1.56. The molecule has 3 rings (SSSR count). The fourth-order valence-corrected chi connectivity index (χ4v) is 3.76. The molecule has 0 radical (unpaired) electrons. The van der Waals surface area contributed by atoms with E-state index in [1.165, 1.54) is 0 Å². The van der Waals surface area contributed by atoms with Crippen LogP contribution in [0, 0.1) is 0 Å². The average Bonchev–Trinajstić information content (AvgIpc) is 2.48. The second kappa shape index (κ2) is 5.47. The molecule has 0 bridgehead atoms. The lowest BCUT2D eigenvalue weighted by molar-refractivity contribution is 0.374. The molecule has 1 aromatic heterocycles. The molecule has 3 nitrogen and oxygen atoms in total. The van der Waals surface area contributed by atoms with Gasteiger partial charge in [0.25, 0.3) is 0 Å². The monoisotopic (exact) mass is 299 g/mol. The molecule has 1 heterocycles. The smallest absolute Gasteiger partial charge is 0.195 e. The number of hydrogen-bond acceptors (Lipinski definition) is 4. The van der Waals surface area contributed by atoms with Crippen molar-refractivity contribution in [2.45, 2.75) is 6.54 Å². The molecule has 3 aromatic rings. The van der Waals surface area contributed by atoms with E-state index in [4.69, 9.17) is 4.74 Å². The summed E-state index contributed by atoms with van der Waals surface area (Å²) in [7, 11) is 5.70. The molecule has 0 saturated carbocycles. The van der Waals surface area contributed by atoms with Gasteiger partial charge in [0.1, 0.15) is 5.75 Å². The van der Waals surface area contributed by atoms with Gasteiger partial charge in [0.2, 0.25) is 0 Å². The molecule has 0 aliphatic heterocycles. The summed E-state index contributed by atoms with van der Waals surface area (Å²) in [4.78, 5) is 14.8. The number of benzene rings is 2. The van der Waals surface area contributed by atoms with Crippen LogP contribution in [0.3, 0.4) is 0 Å². The van der Waals surface area contributed by atoms with Gasteiger partial charge in [-0.3, -0.25) is 4.79 Å². The van der Waals surface area contributed by atoms with Crippen molar-refractivity contribution >= 4 is 31.5 Å². The van der Waals surface area contributed by atoms with Crippen LogP contribution in [0.25, 0.3) is 20.2 Å². The van der Waals surface area contributed by atoms with Crippen molar-refractivity contribution in [1.82, 2.24) is 4.90 Å². The summed E-state index contributed by atoms with van der Waals surface area (Å²) in [6, 6.07) is 11.5. The Balaban J connectivity index is 2.44. The van der Waals surface area contributed by atoms with Crippen LogP contribution in [-0.2, 0) is 6.54 Å². The number of fused-ring (bicyclic) bond motifs is 2. The molecular formula is C17H17NO2S. The topological polar surface area (TPSA) is 29.5 Å². The number of nitrogens with zero attached hydrogens (tertiary/aromatic N) is 1. The highest BCUT2D eigenvalue weighted by Gasteiger charge is 2.14. The first-order chi connectivity index (χ1) is 10.1. The zero-order chi connectivity index (χ0) is 15.0. The van der Waals surface area contributed by atoms with Crippen molar-refractivity contribution in [3.05, 3.63) is 52.2 Å². The van der Waals surface area contributed by atoms with E-state index in [2.05, 4.69) is 4.90 Å². The summed E-state index contributed by atoms with van der Waals surface area (Å²) >= 11 is 1.66. The Morgan fingerprint density at radius 3 is 2.57 bits per heavy atom. The van der Waals surface area contributed by atoms with Gasteiger partial charge in [-0.1, -0.05) is 12.1 Å². The van der Waals surface area contributed by atoms with Crippen LogP contribution in [0.5, 0.6) is 5.75 Å². The maximum atomic E-state index is 12.7. The normalized spacial score (nSPS) is 11.4. The highest BCUT2D eigenvalue weighted by Crippen LogP contribution is 2.33. The third kappa shape index (κ3) is 2.41. The van der Waals surface area contributed by atoms with Gasteiger partial charge >= 0.3 is 0 Å². The van der Waals surface area contributed by atoms with Crippen LogP contribution in [0.2, 0.25) is 0 Å². The molecule has 0 fully saturated rings. The minimum absolute atomic E-state index is 0.0991. The molecule has 21 heavy (non-hydrogen) atoms.